The summed E-state index contributed by atoms with van der Waals surface area (Å²) in [5, 5.41) is 5.59. The van der Waals surface area contributed by atoms with Crippen LogP contribution in [0.15, 0.2) is 11.6 Å². The van der Waals surface area contributed by atoms with E-state index in [1.807, 2.05) is 0 Å². The molecule has 0 saturated carbocycles. The summed E-state index contributed by atoms with van der Waals surface area (Å²) >= 11 is 1.69. The third-order valence-electron chi connectivity index (χ3n) is 3.60. The van der Waals surface area contributed by atoms with E-state index >= 15 is 0 Å². The van der Waals surface area contributed by atoms with Crippen LogP contribution in [0.1, 0.15) is 39.8 Å². The molecule has 1 unspecified atom stereocenters. The summed E-state index contributed by atoms with van der Waals surface area (Å²) in [4.78, 5) is 8.15. The van der Waals surface area contributed by atoms with E-state index < -0.39 is 0 Å². The average molecular weight is 280 g/mol. The predicted molar refractivity (Wildman–Crippen MR) is 83.2 cm³/mol. The van der Waals surface area contributed by atoms with Gasteiger partial charge in [0.15, 0.2) is 10.8 Å². The summed E-state index contributed by atoms with van der Waals surface area (Å²) in [5.41, 5.74) is 1.26. The van der Waals surface area contributed by atoms with Crippen LogP contribution in [0.3, 0.4) is 0 Å². The highest BCUT2D eigenvalue weighted by Crippen LogP contribution is 2.25. The van der Waals surface area contributed by atoms with Crippen molar-refractivity contribution >= 4 is 22.1 Å². The number of anilines is 1. The van der Waals surface area contributed by atoms with E-state index in [2.05, 4.69) is 60.9 Å². The first-order valence-corrected chi connectivity index (χ1v) is 7.83. The number of hydrogen-bond acceptors (Lipinski definition) is 4. The Morgan fingerprint density at radius 1 is 1.42 bits per heavy atom. The Morgan fingerprint density at radius 3 is 2.79 bits per heavy atom. The minimum Gasteiger partial charge on any atom is -0.355 e. The fourth-order valence-electron chi connectivity index (χ4n) is 2.05. The molecule has 0 aliphatic rings. The van der Waals surface area contributed by atoms with Crippen LogP contribution in [0, 0.1) is 0 Å². The Morgan fingerprint density at radius 2 is 2.16 bits per heavy atom. The van der Waals surface area contributed by atoms with Crippen molar-refractivity contribution in [1.82, 2.24) is 14.7 Å². The second kappa shape index (κ2) is 5.92. The lowest BCUT2D eigenvalue weighted by atomic mass is 10.2. The summed E-state index contributed by atoms with van der Waals surface area (Å²) < 4.78 is 2.20. The summed E-state index contributed by atoms with van der Waals surface area (Å²) in [6.45, 7) is 9.65. The monoisotopic (exact) mass is 280 g/mol. The number of nitrogens with one attached hydrogen (secondary N) is 1. The standard InChI is InChI=1S/C14H24N4S/c1-6-11(4)17(5)13-12(9-15-10(2)3)18-7-8-19-14(18)16-13/h7-8,10-11,15H,6,9H2,1-5H3. The summed E-state index contributed by atoms with van der Waals surface area (Å²) in [5.74, 6) is 1.11. The molecule has 0 aliphatic carbocycles. The van der Waals surface area contributed by atoms with Crippen LogP contribution in [-0.2, 0) is 6.54 Å². The molecule has 1 N–H and O–H groups in total. The normalized spacial score (nSPS) is 13.4. The molecule has 4 nitrogen and oxygen atoms in total. The van der Waals surface area contributed by atoms with Crippen molar-refractivity contribution in [3.05, 3.63) is 17.3 Å². The lowest BCUT2D eigenvalue weighted by Gasteiger charge is -2.25. The molecule has 106 valence electrons. The third-order valence-corrected chi connectivity index (χ3v) is 4.36. The molecule has 0 aromatic carbocycles. The Labute approximate surface area is 119 Å². The Bertz CT molecular complexity index is 529. The van der Waals surface area contributed by atoms with Gasteiger partial charge in [0.2, 0.25) is 0 Å². The zero-order valence-electron chi connectivity index (χ0n) is 12.5. The molecule has 2 aromatic heterocycles. The highest BCUT2D eigenvalue weighted by Gasteiger charge is 2.19. The molecule has 0 bridgehead atoms. The number of aromatic nitrogens is 2. The van der Waals surface area contributed by atoms with E-state index in [-0.39, 0.29) is 0 Å². The maximum absolute atomic E-state index is 4.79. The predicted octanol–water partition coefficient (Wildman–Crippen LogP) is 3.13. The molecule has 0 aliphatic heterocycles. The van der Waals surface area contributed by atoms with Crippen molar-refractivity contribution in [2.24, 2.45) is 0 Å². The second-order valence-electron chi connectivity index (χ2n) is 5.34. The first-order chi connectivity index (χ1) is 9.04. The van der Waals surface area contributed by atoms with Crippen LogP contribution in [0.4, 0.5) is 5.82 Å². The van der Waals surface area contributed by atoms with E-state index in [1.54, 1.807) is 11.3 Å². The molecule has 0 fully saturated rings. The zero-order chi connectivity index (χ0) is 14.0. The first kappa shape index (κ1) is 14.3. The van der Waals surface area contributed by atoms with Gasteiger partial charge in [0.1, 0.15) is 0 Å². The van der Waals surface area contributed by atoms with Crippen molar-refractivity contribution in [2.75, 3.05) is 11.9 Å². The fourth-order valence-corrected chi connectivity index (χ4v) is 2.78. The van der Waals surface area contributed by atoms with Crippen LogP contribution in [0.5, 0.6) is 0 Å². The van der Waals surface area contributed by atoms with E-state index in [9.17, 15) is 0 Å². The van der Waals surface area contributed by atoms with Crippen LogP contribution < -0.4 is 10.2 Å². The molecular formula is C14H24N4S. The van der Waals surface area contributed by atoms with Gasteiger partial charge < -0.3 is 10.2 Å². The highest BCUT2D eigenvalue weighted by atomic mass is 32.1. The van der Waals surface area contributed by atoms with Crippen LogP contribution in [-0.4, -0.2) is 28.5 Å². The van der Waals surface area contributed by atoms with Gasteiger partial charge in [0.05, 0.1) is 5.69 Å². The maximum Gasteiger partial charge on any atom is 0.195 e. The van der Waals surface area contributed by atoms with Gasteiger partial charge in [-0.3, -0.25) is 4.40 Å². The topological polar surface area (TPSA) is 32.6 Å². The van der Waals surface area contributed by atoms with Crippen LogP contribution in [0.25, 0.3) is 4.96 Å². The lowest BCUT2D eigenvalue weighted by molar-refractivity contribution is 0.575. The van der Waals surface area contributed by atoms with Gasteiger partial charge in [-0.05, 0) is 13.3 Å². The number of fused-ring (bicyclic) bond motifs is 1. The average Bonchev–Trinajstić information content (AvgIpc) is 2.94. The van der Waals surface area contributed by atoms with E-state index in [0.29, 0.717) is 12.1 Å². The number of hydrogen-bond donors (Lipinski definition) is 1. The molecule has 0 radical (unpaired) electrons. The molecule has 0 amide bonds. The Kier molecular flexibility index (Phi) is 4.47. The van der Waals surface area contributed by atoms with Crippen molar-refractivity contribution < 1.29 is 0 Å². The Balaban J connectivity index is 2.35. The van der Waals surface area contributed by atoms with Gasteiger partial charge in [-0.2, -0.15) is 0 Å². The molecule has 19 heavy (non-hydrogen) atoms. The second-order valence-corrected chi connectivity index (χ2v) is 6.21. The first-order valence-electron chi connectivity index (χ1n) is 6.95. The number of nitrogens with zero attached hydrogens (tertiary/aromatic N) is 3. The summed E-state index contributed by atoms with van der Waals surface area (Å²) in [6.07, 6.45) is 3.23. The number of thiazole rings is 1. The van der Waals surface area contributed by atoms with E-state index in [4.69, 9.17) is 4.98 Å². The third kappa shape index (κ3) is 2.92. The van der Waals surface area contributed by atoms with Crippen molar-refractivity contribution in [3.63, 3.8) is 0 Å². The molecule has 2 heterocycles. The van der Waals surface area contributed by atoms with Gasteiger partial charge in [-0.1, -0.05) is 20.8 Å². The fraction of sp³-hybridized carbons (Fsp3) is 0.643. The Hall–Kier alpha value is -1.07. The van der Waals surface area contributed by atoms with Gasteiger partial charge in [0.25, 0.3) is 0 Å². The maximum atomic E-state index is 4.79. The van der Waals surface area contributed by atoms with Crippen LogP contribution >= 0.6 is 11.3 Å². The smallest absolute Gasteiger partial charge is 0.195 e. The molecule has 2 rings (SSSR count). The quantitative estimate of drug-likeness (QED) is 0.882. The molecule has 1 atom stereocenters. The minimum atomic E-state index is 0.478. The molecule has 0 saturated heterocycles. The summed E-state index contributed by atoms with van der Waals surface area (Å²) in [6, 6.07) is 0.980. The highest BCUT2D eigenvalue weighted by molar-refractivity contribution is 7.15. The van der Waals surface area contributed by atoms with Gasteiger partial charge in [0, 0.05) is 37.3 Å². The van der Waals surface area contributed by atoms with E-state index in [1.165, 1.54) is 5.69 Å². The molecule has 0 spiro atoms. The lowest BCUT2D eigenvalue weighted by Crippen LogP contribution is -2.30. The summed E-state index contributed by atoms with van der Waals surface area (Å²) in [7, 11) is 2.14. The number of rotatable bonds is 6. The van der Waals surface area contributed by atoms with E-state index in [0.717, 1.165) is 23.7 Å². The van der Waals surface area contributed by atoms with Crippen molar-refractivity contribution in [1.29, 1.82) is 0 Å². The zero-order valence-corrected chi connectivity index (χ0v) is 13.3. The van der Waals surface area contributed by atoms with Crippen molar-refractivity contribution in [2.45, 2.75) is 52.7 Å². The SMILES string of the molecule is CCC(C)N(C)c1nc2sccn2c1CNC(C)C. The number of imidazole rings is 1. The largest absolute Gasteiger partial charge is 0.355 e. The molecular weight excluding hydrogens is 256 g/mol. The van der Waals surface area contributed by atoms with Gasteiger partial charge in [-0.15, -0.1) is 11.3 Å². The van der Waals surface area contributed by atoms with Gasteiger partial charge in [-0.25, -0.2) is 4.98 Å². The minimum absolute atomic E-state index is 0.478. The van der Waals surface area contributed by atoms with Gasteiger partial charge >= 0.3 is 0 Å². The van der Waals surface area contributed by atoms with Crippen LogP contribution in [0.2, 0.25) is 0 Å². The molecule has 2 aromatic rings. The molecule has 5 heteroatoms. The van der Waals surface area contributed by atoms with Crippen molar-refractivity contribution in [3.8, 4) is 0 Å².